The Morgan fingerprint density at radius 2 is 2.07 bits per heavy atom. The fourth-order valence-corrected chi connectivity index (χ4v) is 1.67. The first-order valence-electron chi connectivity index (χ1n) is 5.68. The smallest absolute Gasteiger partial charge is 0.0601 e. The van der Waals surface area contributed by atoms with Gasteiger partial charge >= 0.3 is 0 Å². The van der Waals surface area contributed by atoms with Crippen molar-refractivity contribution in [2.45, 2.75) is 39.7 Å². The summed E-state index contributed by atoms with van der Waals surface area (Å²) in [6.45, 7) is 10.4. The Morgan fingerprint density at radius 3 is 2.50 bits per heavy atom. The molecular formula is C12H24N2. The van der Waals surface area contributed by atoms with Crippen molar-refractivity contribution in [1.82, 2.24) is 10.2 Å². The molecule has 2 heteroatoms. The second-order valence-corrected chi connectivity index (χ2v) is 3.52. The third-order valence-corrected chi connectivity index (χ3v) is 2.47. The lowest BCUT2D eigenvalue weighted by atomic mass is 10.1. The Balaban J connectivity index is 4.06. The maximum atomic E-state index is 5.36. The standard InChI is InChI=1S/C12H24N2/c1-5-9-12(11-13-7-3)14(8-4)10-6-2/h2,12-13H,5,7-11H2,1,3-4H3. The molecule has 0 aliphatic rings. The molecule has 1 unspecified atom stereocenters. The van der Waals surface area contributed by atoms with Gasteiger partial charge in [-0.05, 0) is 19.5 Å². The molecule has 2 nitrogen and oxygen atoms in total. The first kappa shape index (κ1) is 13.5. The van der Waals surface area contributed by atoms with E-state index in [2.05, 4.69) is 36.9 Å². The van der Waals surface area contributed by atoms with Crippen molar-refractivity contribution in [3.63, 3.8) is 0 Å². The zero-order valence-electron chi connectivity index (χ0n) is 9.84. The van der Waals surface area contributed by atoms with Crippen molar-refractivity contribution in [1.29, 1.82) is 0 Å². The Bertz CT molecular complexity index is 160. The van der Waals surface area contributed by atoms with Crippen LogP contribution in [0.3, 0.4) is 0 Å². The van der Waals surface area contributed by atoms with Crippen LogP contribution in [-0.2, 0) is 0 Å². The van der Waals surface area contributed by atoms with Gasteiger partial charge in [0.15, 0.2) is 0 Å². The number of likely N-dealkylation sites (N-methyl/N-ethyl adjacent to an activating group) is 2. The van der Waals surface area contributed by atoms with Gasteiger partial charge in [-0.2, -0.15) is 0 Å². The lowest BCUT2D eigenvalue weighted by molar-refractivity contribution is 0.214. The molecule has 1 atom stereocenters. The second kappa shape index (κ2) is 9.05. The van der Waals surface area contributed by atoms with Crippen LogP contribution in [0.4, 0.5) is 0 Å². The molecule has 0 rings (SSSR count). The first-order chi connectivity index (χ1) is 6.79. The van der Waals surface area contributed by atoms with Crippen LogP contribution in [0.15, 0.2) is 0 Å². The molecule has 0 aromatic rings. The van der Waals surface area contributed by atoms with Gasteiger partial charge in [0.25, 0.3) is 0 Å². The van der Waals surface area contributed by atoms with E-state index in [1.54, 1.807) is 0 Å². The van der Waals surface area contributed by atoms with Crippen LogP contribution >= 0.6 is 0 Å². The maximum absolute atomic E-state index is 5.36. The molecule has 0 aromatic carbocycles. The van der Waals surface area contributed by atoms with Gasteiger partial charge in [0.2, 0.25) is 0 Å². The summed E-state index contributed by atoms with van der Waals surface area (Å²) in [5.41, 5.74) is 0. The first-order valence-corrected chi connectivity index (χ1v) is 5.68. The number of rotatable bonds is 8. The van der Waals surface area contributed by atoms with Gasteiger partial charge in [0.1, 0.15) is 0 Å². The molecule has 0 aliphatic carbocycles. The fraction of sp³-hybridized carbons (Fsp3) is 0.833. The Labute approximate surface area is 89.1 Å². The Morgan fingerprint density at radius 1 is 1.36 bits per heavy atom. The van der Waals surface area contributed by atoms with E-state index in [4.69, 9.17) is 6.42 Å². The summed E-state index contributed by atoms with van der Waals surface area (Å²) in [7, 11) is 0. The lowest BCUT2D eigenvalue weighted by Crippen LogP contribution is -2.42. The highest BCUT2D eigenvalue weighted by Gasteiger charge is 2.14. The fourth-order valence-electron chi connectivity index (χ4n) is 1.67. The molecule has 0 radical (unpaired) electrons. The zero-order chi connectivity index (χ0) is 10.8. The molecule has 0 fully saturated rings. The summed E-state index contributed by atoms with van der Waals surface area (Å²) in [5.74, 6) is 2.73. The van der Waals surface area contributed by atoms with Crippen molar-refractivity contribution in [2.24, 2.45) is 0 Å². The van der Waals surface area contributed by atoms with Crippen LogP contribution in [0.25, 0.3) is 0 Å². The van der Waals surface area contributed by atoms with E-state index >= 15 is 0 Å². The average molecular weight is 196 g/mol. The van der Waals surface area contributed by atoms with Gasteiger partial charge in [-0.3, -0.25) is 4.90 Å². The molecule has 0 heterocycles. The third-order valence-electron chi connectivity index (χ3n) is 2.47. The SMILES string of the molecule is C#CCN(CC)C(CCC)CNCC. The van der Waals surface area contributed by atoms with Gasteiger partial charge in [0.05, 0.1) is 6.54 Å². The van der Waals surface area contributed by atoms with E-state index in [-0.39, 0.29) is 0 Å². The molecule has 0 saturated heterocycles. The van der Waals surface area contributed by atoms with E-state index in [1.807, 2.05) is 0 Å². The molecule has 0 aromatic heterocycles. The second-order valence-electron chi connectivity index (χ2n) is 3.52. The van der Waals surface area contributed by atoms with E-state index in [1.165, 1.54) is 12.8 Å². The molecule has 82 valence electrons. The van der Waals surface area contributed by atoms with Crippen LogP contribution < -0.4 is 5.32 Å². The van der Waals surface area contributed by atoms with Gasteiger partial charge in [-0.25, -0.2) is 0 Å². The summed E-state index contributed by atoms with van der Waals surface area (Å²) in [5, 5.41) is 3.40. The summed E-state index contributed by atoms with van der Waals surface area (Å²) in [6.07, 6.45) is 7.80. The quantitative estimate of drug-likeness (QED) is 0.595. The molecule has 0 bridgehead atoms. The predicted molar refractivity (Wildman–Crippen MR) is 63.3 cm³/mol. The number of nitrogens with zero attached hydrogens (tertiary/aromatic N) is 1. The number of nitrogens with one attached hydrogen (secondary N) is 1. The van der Waals surface area contributed by atoms with Crippen LogP contribution in [0.5, 0.6) is 0 Å². The van der Waals surface area contributed by atoms with Gasteiger partial charge in [0, 0.05) is 12.6 Å². The predicted octanol–water partition coefficient (Wildman–Crippen LogP) is 1.72. The van der Waals surface area contributed by atoms with Gasteiger partial charge in [-0.1, -0.05) is 33.1 Å². The maximum Gasteiger partial charge on any atom is 0.0601 e. The minimum absolute atomic E-state index is 0.598. The lowest BCUT2D eigenvalue weighted by Gasteiger charge is -2.29. The highest BCUT2D eigenvalue weighted by Crippen LogP contribution is 2.05. The molecular weight excluding hydrogens is 172 g/mol. The zero-order valence-corrected chi connectivity index (χ0v) is 9.84. The highest BCUT2D eigenvalue weighted by atomic mass is 15.2. The van der Waals surface area contributed by atoms with E-state index in [9.17, 15) is 0 Å². The minimum atomic E-state index is 0.598. The van der Waals surface area contributed by atoms with Crippen molar-refractivity contribution in [3.8, 4) is 12.3 Å². The van der Waals surface area contributed by atoms with Crippen molar-refractivity contribution in [3.05, 3.63) is 0 Å². The highest BCUT2D eigenvalue weighted by molar-refractivity contribution is 4.90. The van der Waals surface area contributed by atoms with E-state index in [0.717, 1.165) is 26.2 Å². The number of hydrogen-bond acceptors (Lipinski definition) is 2. The van der Waals surface area contributed by atoms with Crippen LogP contribution in [0.2, 0.25) is 0 Å². The molecule has 1 N–H and O–H groups in total. The molecule has 0 saturated carbocycles. The molecule has 14 heavy (non-hydrogen) atoms. The van der Waals surface area contributed by atoms with Crippen LogP contribution in [-0.4, -0.2) is 37.1 Å². The number of hydrogen-bond donors (Lipinski definition) is 1. The number of terminal acetylenes is 1. The van der Waals surface area contributed by atoms with Gasteiger partial charge < -0.3 is 5.32 Å². The largest absolute Gasteiger partial charge is 0.315 e. The summed E-state index contributed by atoms with van der Waals surface area (Å²) in [6, 6.07) is 0.598. The topological polar surface area (TPSA) is 15.3 Å². The Hall–Kier alpha value is -0.520. The molecule has 0 amide bonds. The third kappa shape index (κ3) is 5.26. The minimum Gasteiger partial charge on any atom is -0.315 e. The van der Waals surface area contributed by atoms with Crippen molar-refractivity contribution in [2.75, 3.05) is 26.2 Å². The monoisotopic (exact) mass is 196 g/mol. The summed E-state index contributed by atoms with van der Waals surface area (Å²) >= 11 is 0. The molecule has 0 aliphatic heterocycles. The normalized spacial score (nSPS) is 12.8. The average Bonchev–Trinajstić information content (AvgIpc) is 2.21. The van der Waals surface area contributed by atoms with Crippen LogP contribution in [0.1, 0.15) is 33.6 Å². The van der Waals surface area contributed by atoms with Crippen molar-refractivity contribution >= 4 is 0 Å². The summed E-state index contributed by atoms with van der Waals surface area (Å²) in [4.78, 5) is 2.37. The molecule has 0 spiro atoms. The van der Waals surface area contributed by atoms with E-state index in [0.29, 0.717) is 6.04 Å². The summed E-state index contributed by atoms with van der Waals surface area (Å²) < 4.78 is 0. The van der Waals surface area contributed by atoms with Crippen molar-refractivity contribution < 1.29 is 0 Å². The van der Waals surface area contributed by atoms with Crippen LogP contribution in [0, 0.1) is 12.3 Å². The van der Waals surface area contributed by atoms with E-state index < -0.39 is 0 Å². The Kier molecular flexibility index (Phi) is 8.72. The van der Waals surface area contributed by atoms with Gasteiger partial charge in [-0.15, -0.1) is 6.42 Å².